The summed E-state index contributed by atoms with van der Waals surface area (Å²) in [4.78, 5) is 10.7. The van der Waals surface area contributed by atoms with Crippen LogP contribution in [0.1, 0.15) is 25.7 Å². The molecule has 0 heterocycles. The van der Waals surface area contributed by atoms with Crippen LogP contribution in [-0.2, 0) is 4.79 Å². The van der Waals surface area contributed by atoms with Crippen LogP contribution >= 0.6 is 0 Å². The summed E-state index contributed by atoms with van der Waals surface area (Å²) in [6, 6.07) is 0. The van der Waals surface area contributed by atoms with Gasteiger partial charge in [-0.2, -0.15) is 0 Å². The Labute approximate surface area is 82.5 Å². The van der Waals surface area contributed by atoms with Crippen LogP contribution in [0.2, 0.25) is 0 Å². The maximum absolute atomic E-state index is 13.1. The van der Waals surface area contributed by atoms with E-state index in [-0.39, 0.29) is 17.8 Å². The lowest BCUT2D eigenvalue weighted by molar-refractivity contribution is -0.145. The highest BCUT2D eigenvalue weighted by atomic mass is 19.1. The van der Waals surface area contributed by atoms with Crippen molar-refractivity contribution < 1.29 is 14.3 Å². The minimum absolute atomic E-state index is 0.109. The Bertz CT molecular complexity index is 259. The topological polar surface area (TPSA) is 63.3 Å². The molecule has 0 spiro atoms. The first kappa shape index (κ1) is 9.90. The van der Waals surface area contributed by atoms with Crippen molar-refractivity contribution >= 4 is 5.97 Å². The fourth-order valence-electron chi connectivity index (χ4n) is 3.36. The van der Waals surface area contributed by atoms with E-state index in [1.165, 1.54) is 0 Å². The van der Waals surface area contributed by atoms with Gasteiger partial charge in [-0.1, -0.05) is 0 Å². The molecule has 0 unspecified atom stereocenters. The van der Waals surface area contributed by atoms with Gasteiger partial charge in [0.1, 0.15) is 6.17 Å². The van der Waals surface area contributed by atoms with E-state index >= 15 is 0 Å². The normalized spacial score (nSPS) is 45.7. The smallest absolute Gasteiger partial charge is 0.303 e. The third kappa shape index (κ3) is 1.32. The SMILES string of the molecule is NC[C@]1(CC(=O)O)C[C@H]2C[C@@H](F)C[C@H]21. The molecular weight excluding hydrogens is 185 g/mol. The highest BCUT2D eigenvalue weighted by molar-refractivity contribution is 5.68. The van der Waals surface area contributed by atoms with E-state index in [9.17, 15) is 9.18 Å². The molecule has 2 rings (SSSR count). The summed E-state index contributed by atoms with van der Waals surface area (Å²) in [5.41, 5.74) is 5.34. The lowest BCUT2D eigenvalue weighted by atomic mass is 9.53. The average molecular weight is 201 g/mol. The van der Waals surface area contributed by atoms with Crippen molar-refractivity contribution in [2.24, 2.45) is 23.0 Å². The Morgan fingerprint density at radius 1 is 1.57 bits per heavy atom. The molecule has 0 aromatic carbocycles. The van der Waals surface area contributed by atoms with Crippen LogP contribution in [0.5, 0.6) is 0 Å². The highest BCUT2D eigenvalue weighted by Crippen LogP contribution is 2.60. The first-order chi connectivity index (χ1) is 6.57. The minimum Gasteiger partial charge on any atom is -0.481 e. The van der Waals surface area contributed by atoms with Gasteiger partial charge in [-0.3, -0.25) is 4.79 Å². The Balaban J connectivity index is 2.06. The second-order valence-corrected chi connectivity index (χ2v) is 4.78. The first-order valence-electron chi connectivity index (χ1n) is 5.13. The van der Waals surface area contributed by atoms with Crippen molar-refractivity contribution in [3.05, 3.63) is 0 Å². The van der Waals surface area contributed by atoms with Crippen LogP contribution in [0.25, 0.3) is 0 Å². The van der Waals surface area contributed by atoms with Crippen LogP contribution in [0, 0.1) is 17.3 Å². The first-order valence-corrected chi connectivity index (χ1v) is 5.13. The molecule has 0 radical (unpaired) electrons. The number of fused-ring (bicyclic) bond motifs is 1. The van der Waals surface area contributed by atoms with E-state index in [4.69, 9.17) is 10.8 Å². The summed E-state index contributed by atoms with van der Waals surface area (Å²) in [6.07, 6.45) is 1.33. The van der Waals surface area contributed by atoms with Gasteiger partial charge >= 0.3 is 5.97 Å². The molecular formula is C10H16FNO2. The quantitative estimate of drug-likeness (QED) is 0.720. The maximum atomic E-state index is 13.1. The fraction of sp³-hybridized carbons (Fsp3) is 0.900. The van der Waals surface area contributed by atoms with Crippen molar-refractivity contribution in [1.29, 1.82) is 0 Å². The number of rotatable bonds is 3. The minimum atomic E-state index is -0.809. The second-order valence-electron chi connectivity index (χ2n) is 4.78. The molecule has 0 amide bonds. The number of hydrogen-bond donors (Lipinski definition) is 2. The third-order valence-electron chi connectivity index (χ3n) is 4.00. The highest BCUT2D eigenvalue weighted by Gasteiger charge is 2.57. The van der Waals surface area contributed by atoms with Crippen molar-refractivity contribution in [3.8, 4) is 0 Å². The van der Waals surface area contributed by atoms with Gasteiger partial charge in [-0.25, -0.2) is 4.39 Å². The van der Waals surface area contributed by atoms with Crippen molar-refractivity contribution in [2.75, 3.05) is 6.54 Å². The molecule has 3 nitrogen and oxygen atoms in total. The molecule has 0 bridgehead atoms. The average Bonchev–Trinajstić information content (AvgIpc) is 2.39. The lowest BCUT2D eigenvalue weighted by Gasteiger charge is -2.51. The van der Waals surface area contributed by atoms with Crippen LogP contribution in [0.3, 0.4) is 0 Å². The predicted molar refractivity (Wildman–Crippen MR) is 49.5 cm³/mol. The molecule has 2 aliphatic carbocycles. The molecule has 3 N–H and O–H groups in total. The molecule has 0 saturated heterocycles. The lowest BCUT2D eigenvalue weighted by Crippen LogP contribution is -2.51. The van der Waals surface area contributed by atoms with Gasteiger partial charge < -0.3 is 10.8 Å². The zero-order valence-electron chi connectivity index (χ0n) is 8.08. The fourth-order valence-corrected chi connectivity index (χ4v) is 3.36. The number of aliphatic carboxylic acids is 1. The molecule has 14 heavy (non-hydrogen) atoms. The predicted octanol–water partition coefficient (Wildman–Crippen LogP) is 1.17. The number of carboxylic acid groups (broad SMARTS) is 1. The molecule has 0 aromatic rings. The van der Waals surface area contributed by atoms with Crippen molar-refractivity contribution in [2.45, 2.75) is 31.9 Å². The summed E-state index contributed by atoms with van der Waals surface area (Å²) in [6.45, 7) is 0.382. The molecule has 0 aromatic heterocycles. The molecule has 4 heteroatoms. The molecule has 2 saturated carbocycles. The van der Waals surface area contributed by atoms with Gasteiger partial charge in [0.05, 0.1) is 6.42 Å². The molecule has 2 fully saturated rings. The van der Waals surface area contributed by atoms with Crippen LogP contribution < -0.4 is 5.73 Å². The van der Waals surface area contributed by atoms with Crippen LogP contribution in [0.4, 0.5) is 4.39 Å². The van der Waals surface area contributed by atoms with Gasteiger partial charge in [-0.05, 0) is 43.1 Å². The number of halogens is 1. The van der Waals surface area contributed by atoms with Crippen LogP contribution in [0.15, 0.2) is 0 Å². The van der Waals surface area contributed by atoms with E-state index in [2.05, 4.69) is 0 Å². The van der Waals surface area contributed by atoms with Crippen LogP contribution in [-0.4, -0.2) is 23.8 Å². The summed E-state index contributed by atoms with van der Waals surface area (Å²) in [5, 5.41) is 8.78. The van der Waals surface area contributed by atoms with Crippen molar-refractivity contribution in [1.82, 2.24) is 0 Å². The number of hydrogen-bond acceptors (Lipinski definition) is 2. The number of carbonyl (C=O) groups is 1. The molecule has 80 valence electrons. The number of alkyl halides is 1. The van der Waals surface area contributed by atoms with Crippen molar-refractivity contribution in [3.63, 3.8) is 0 Å². The standard InChI is InChI=1S/C10H16FNO2/c11-7-1-6-3-10(5-12,4-9(13)14)8(6)2-7/h6-8H,1-5,12H2,(H,13,14)/t6-,7-,8-,10-/m1/s1. The summed E-state index contributed by atoms with van der Waals surface area (Å²) in [7, 11) is 0. The molecule has 4 atom stereocenters. The monoisotopic (exact) mass is 201 g/mol. The Morgan fingerprint density at radius 3 is 2.79 bits per heavy atom. The van der Waals surface area contributed by atoms with E-state index in [1.54, 1.807) is 0 Å². The zero-order chi connectivity index (χ0) is 10.3. The summed E-state index contributed by atoms with van der Waals surface area (Å²) in [5.74, 6) is -0.192. The zero-order valence-corrected chi connectivity index (χ0v) is 8.08. The largest absolute Gasteiger partial charge is 0.481 e. The number of carboxylic acids is 1. The van der Waals surface area contributed by atoms with Gasteiger partial charge in [-0.15, -0.1) is 0 Å². The Morgan fingerprint density at radius 2 is 2.29 bits per heavy atom. The summed E-state index contributed by atoms with van der Waals surface area (Å²) < 4.78 is 13.1. The number of nitrogens with two attached hydrogens (primary N) is 1. The van der Waals surface area contributed by atoms with Gasteiger partial charge in [0, 0.05) is 0 Å². The third-order valence-corrected chi connectivity index (χ3v) is 4.00. The summed E-state index contributed by atoms with van der Waals surface area (Å²) >= 11 is 0. The van der Waals surface area contributed by atoms with Gasteiger partial charge in [0.25, 0.3) is 0 Å². The molecule has 0 aliphatic heterocycles. The van der Waals surface area contributed by atoms with E-state index in [0.29, 0.717) is 25.3 Å². The Kier molecular flexibility index (Phi) is 2.26. The van der Waals surface area contributed by atoms with E-state index in [1.807, 2.05) is 0 Å². The van der Waals surface area contributed by atoms with Gasteiger partial charge in [0.2, 0.25) is 0 Å². The second kappa shape index (κ2) is 3.19. The van der Waals surface area contributed by atoms with Gasteiger partial charge in [0.15, 0.2) is 0 Å². The van der Waals surface area contributed by atoms with E-state index in [0.717, 1.165) is 6.42 Å². The Hall–Kier alpha value is -0.640. The maximum Gasteiger partial charge on any atom is 0.303 e. The molecule has 2 aliphatic rings. The van der Waals surface area contributed by atoms with E-state index < -0.39 is 12.1 Å².